The maximum atomic E-state index is 13.0. The van der Waals surface area contributed by atoms with Crippen LogP contribution in [0.25, 0.3) is 0 Å². The van der Waals surface area contributed by atoms with Gasteiger partial charge in [0.1, 0.15) is 11.4 Å². The number of hydrogen-bond acceptors (Lipinski definition) is 4. The van der Waals surface area contributed by atoms with E-state index < -0.39 is 20.4 Å². The fourth-order valence-electron chi connectivity index (χ4n) is 3.26. The largest absolute Gasteiger partial charge is 0.488 e. The third kappa shape index (κ3) is 5.70. The quantitative estimate of drug-likeness (QED) is 0.372. The molecule has 31 heavy (non-hydrogen) atoms. The predicted molar refractivity (Wildman–Crippen MR) is 127 cm³/mol. The van der Waals surface area contributed by atoms with Gasteiger partial charge >= 0.3 is 0 Å². The maximum absolute atomic E-state index is 13.0. The van der Waals surface area contributed by atoms with Gasteiger partial charge in [0.15, 0.2) is 0 Å². The maximum Gasteiger partial charge on any atom is 0.277 e. The summed E-state index contributed by atoms with van der Waals surface area (Å²) in [7, 11) is -6.34. The molecule has 0 aromatic heterocycles. The van der Waals surface area contributed by atoms with Crippen LogP contribution in [0.15, 0.2) is 99.6 Å². The summed E-state index contributed by atoms with van der Waals surface area (Å²) in [5.41, 5.74) is -0.384. The van der Waals surface area contributed by atoms with Gasteiger partial charge in [0.25, 0.3) is 10.1 Å². The van der Waals surface area contributed by atoms with E-state index in [0.29, 0.717) is 12.2 Å². The highest BCUT2D eigenvalue weighted by Gasteiger charge is 2.37. The first-order chi connectivity index (χ1) is 14.7. The Labute approximate surface area is 187 Å². The molecule has 3 aromatic carbocycles. The van der Waals surface area contributed by atoms with Crippen molar-refractivity contribution in [2.45, 2.75) is 54.4 Å². The van der Waals surface area contributed by atoms with Crippen molar-refractivity contribution in [3.8, 4) is 5.75 Å². The van der Waals surface area contributed by atoms with Crippen molar-refractivity contribution in [1.82, 2.24) is 0 Å². The molecule has 166 valence electrons. The fourth-order valence-corrected chi connectivity index (χ4v) is 8.67. The minimum atomic E-state index is -3.79. The molecule has 6 heteroatoms. The first kappa shape index (κ1) is 23.4. The van der Waals surface area contributed by atoms with Crippen LogP contribution in [0.3, 0.4) is 0 Å². The summed E-state index contributed by atoms with van der Waals surface area (Å²) in [6, 6.07) is 26.8. The number of benzene rings is 3. The average molecular weight is 459 g/mol. The van der Waals surface area contributed by atoms with E-state index in [0.717, 1.165) is 14.7 Å². The van der Waals surface area contributed by atoms with E-state index in [1.54, 1.807) is 0 Å². The van der Waals surface area contributed by atoms with Gasteiger partial charge in [-0.25, -0.2) is 3.63 Å². The van der Waals surface area contributed by atoms with Crippen LogP contribution in [0.5, 0.6) is 5.75 Å². The fraction of sp³-hybridized carbons (Fsp3) is 0.280. The Kier molecular flexibility index (Phi) is 7.14. The van der Waals surface area contributed by atoms with Crippen molar-refractivity contribution < 1.29 is 16.8 Å². The highest BCUT2D eigenvalue weighted by Crippen LogP contribution is 2.70. The van der Waals surface area contributed by atoms with Crippen molar-refractivity contribution in [3.05, 3.63) is 84.9 Å². The smallest absolute Gasteiger partial charge is 0.277 e. The summed E-state index contributed by atoms with van der Waals surface area (Å²) >= 11 is 0. The molecule has 3 rings (SSSR count). The van der Waals surface area contributed by atoms with Crippen molar-refractivity contribution in [2.75, 3.05) is 5.75 Å². The van der Waals surface area contributed by atoms with Gasteiger partial charge < -0.3 is 4.74 Å². The molecule has 0 radical (unpaired) electrons. The van der Waals surface area contributed by atoms with E-state index in [9.17, 15) is 8.42 Å². The summed E-state index contributed by atoms with van der Waals surface area (Å²) < 4.78 is 38.4. The van der Waals surface area contributed by atoms with Crippen LogP contribution in [-0.2, 0) is 13.7 Å². The predicted octanol–water partition coefficient (Wildman–Crippen LogP) is 6.82. The standard InChI is InChI=1S/C25H30O4S2/c1-5-19-30(26,27)29-31(22-14-8-6-9-15-22,23-16-10-7-11-17-23)24-18-12-13-21(20-24)28-25(2,3)4/h6-18,20H,5,19H2,1-4H3. The lowest BCUT2D eigenvalue weighted by Gasteiger charge is -2.39. The highest BCUT2D eigenvalue weighted by molar-refractivity contribution is 8.33. The van der Waals surface area contributed by atoms with E-state index >= 15 is 0 Å². The summed E-state index contributed by atoms with van der Waals surface area (Å²) in [6.45, 7) is 7.78. The zero-order chi connectivity index (χ0) is 22.5. The molecule has 0 N–H and O–H groups in total. The number of rotatable bonds is 8. The molecule has 0 fully saturated rings. The average Bonchev–Trinajstić information content (AvgIpc) is 2.72. The Morgan fingerprint density at radius 3 is 1.74 bits per heavy atom. The zero-order valence-electron chi connectivity index (χ0n) is 18.4. The van der Waals surface area contributed by atoms with Gasteiger partial charge in [-0.05, 0) is 80.0 Å². The molecule has 0 atom stereocenters. The lowest BCUT2D eigenvalue weighted by Crippen LogP contribution is -2.23. The van der Waals surface area contributed by atoms with Crippen LogP contribution >= 0.6 is 10.3 Å². The minimum absolute atomic E-state index is 0.0421. The van der Waals surface area contributed by atoms with Gasteiger partial charge in [-0.3, -0.25) is 0 Å². The Bertz CT molecular complexity index is 1050. The van der Waals surface area contributed by atoms with E-state index in [-0.39, 0.29) is 11.4 Å². The Morgan fingerprint density at radius 1 is 0.742 bits per heavy atom. The third-order valence-corrected chi connectivity index (χ3v) is 9.72. The molecule has 0 amide bonds. The topological polar surface area (TPSA) is 52.6 Å². The monoisotopic (exact) mass is 458 g/mol. The molecule has 4 nitrogen and oxygen atoms in total. The van der Waals surface area contributed by atoms with E-state index in [2.05, 4.69) is 0 Å². The van der Waals surface area contributed by atoms with Crippen LogP contribution in [0.2, 0.25) is 0 Å². The lowest BCUT2D eigenvalue weighted by molar-refractivity contribution is 0.130. The summed E-state index contributed by atoms with van der Waals surface area (Å²) in [6.07, 6.45) is 0.481. The lowest BCUT2D eigenvalue weighted by atomic mass is 10.2. The van der Waals surface area contributed by atoms with E-state index in [4.69, 9.17) is 8.37 Å². The molecule has 0 bridgehead atoms. The molecule has 0 aliphatic rings. The normalized spacial score (nSPS) is 13.0. The number of ether oxygens (including phenoxy) is 1. The van der Waals surface area contributed by atoms with Crippen molar-refractivity contribution in [2.24, 2.45) is 0 Å². The van der Waals surface area contributed by atoms with Gasteiger partial charge in [0.05, 0.1) is 5.75 Å². The Morgan fingerprint density at radius 2 is 1.26 bits per heavy atom. The van der Waals surface area contributed by atoms with Crippen LogP contribution in [0.4, 0.5) is 0 Å². The van der Waals surface area contributed by atoms with Gasteiger partial charge in [0.2, 0.25) is 0 Å². The Hall–Kier alpha value is -2.28. The van der Waals surface area contributed by atoms with Gasteiger partial charge in [0, 0.05) is 14.7 Å². The van der Waals surface area contributed by atoms with Crippen LogP contribution < -0.4 is 4.74 Å². The highest BCUT2D eigenvalue weighted by atomic mass is 32.3. The molecular weight excluding hydrogens is 428 g/mol. The van der Waals surface area contributed by atoms with Gasteiger partial charge in [-0.1, -0.05) is 49.4 Å². The second kappa shape index (κ2) is 9.47. The molecule has 0 aliphatic heterocycles. The van der Waals surface area contributed by atoms with Crippen molar-refractivity contribution >= 4 is 20.4 Å². The second-order valence-electron chi connectivity index (χ2n) is 8.20. The van der Waals surface area contributed by atoms with Crippen LogP contribution in [0.1, 0.15) is 34.1 Å². The zero-order valence-corrected chi connectivity index (χ0v) is 20.1. The molecule has 0 heterocycles. The van der Waals surface area contributed by atoms with E-state index in [1.165, 1.54) is 0 Å². The third-order valence-electron chi connectivity index (χ3n) is 4.37. The molecule has 0 saturated heterocycles. The SMILES string of the molecule is CCCS(=O)(=O)OS(c1ccccc1)(c1ccccc1)c1cccc(OC(C)(C)C)c1. The Balaban J connectivity index is 2.31. The van der Waals surface area contributed by atoms with Crippen LogP contribution in [0, 0.1) is 0 Å². The van der Waals surface area contributed by atoms with Crippen molar-refractivity contribution in [3.63, 3.8) is 0 Å². The molecule has 3 aromatic rings. The molecule has 0 saturated carbocycles. The van der Waals surface area contributed by atoms with E-state index in [1.807, 2.05) is 113 Å². The second-order valence-corrected chi connectivity index (χ2v) is 12.8. The van der Waals surface area contributed by atoms with Gasteiger partial charge in [-0.2, -0.15) is 8.42 Å². The molecule has 0 spiro atoms. The number of hydrogen-bond donors (Lipinski definition) is 0. The first-order valence-electron chi connectivity index (χ1n) is 10.3. The summed E-state index contributed by atoms with van der Waals surface area (Å²) in [5, 5.41) is 0. The molecule has 0 unspecified atom stereocenters. The van der Waals surface area contributed by atoms with Gasteiger partial charge in [-0.15, -0.1) is 0 Å². The van der Waals surface area contributed by atoms with Crippen molar-refractivity contribution in [1.29, 1.82) is 0 Å². The van der Waals surface area contributed by atoms with Crippen LogP contribution in [-0.4, -0.2) is 19.8 Å². The first-order valence-corrected chi connectivity index (χ1v) is 13.5. The summed E-state index contributed by atoms with van der Waals surface area (Å²) in [4.78, 5) is 2.40. The summed E-state index contributed by atoms with van der Waals surface area (Å²) in [5.74, 6) is 0.629. The minimum Gasteiger partial charge on any atom is -0.488 e. The molecular formula is C25H30O4S2. The molecule has 0 aliphatic carbocycles.